The van der Waals surface area contributed by atoms with Gasteiger partial charge in [0.05, 0.1) is 6.54 Å². The van der Waals surface area contributed by atoms with Gasteiger partial charge in [-0.1, -0.05) is 42.0 Å². The van der Waals surface area contributed by atoms with Crippen LogP contribution >= 0.6 is 0 Å². The minimum atomic E-state index is -1.04. The zero-order valence-corrected chi connectivity index (χ0v) is 13.4. The lowest BCUT2D eigenvalue weighted by molar-refractivity contribution is -0.169. The van der Waals surface area contributed by atoms with E-state index in [1.165, 1.54) is 24.3 Å². The van der Waals surface area contributed by atoms with Gasteiger partial charge in [0, 0.05) is 0 Å². The lowest BCUT2D eigenvalue weighted by Crippen LogP contribution is -2.33. The third-order valence-electron chi connectivity index (χ3n) is 3.75. The minimum absolute atomic E-state index is 0.0138. The van der Waals surface area contributed by atoms with Crippen LogP contribution in [0.4, 0.5) is 9.18 Å². The number of hydroxylamine groups is 2. The number of nitrogens with zero attached hydrogens (tertiary/aromatic N) is 2. The van der Waals surface area contributed by atoms with Crippen LogP contribution in [0.2, 0.25) is 0 Å². The second-order valence-electron chi connectivity index (χ2n) is 5.66. The topological polar surface area (TPSA) is 66.9 Å². The molecule has 2 aromatic rings. The maximum absolute atomic E-state index is 12.9. The standard InChI is InChI=1S/C18H15FN2O4/c1-12-2-4-13(5-3-12)10-20-16(22)17(23)21(18(20)24)25-11-14-6-8-15(19)9-7-14/h2-9H,10-11H2,1H3. The van der Waals surface area contributed by atoms with E-state index in [-0.39, 0.29) is 13.2 Å². The van der Waals surface area contributed by atoms with Gasteiger partial charge in [0.1, 0.15) is 12.4 Å². The molecule has 1 saturated heterocycles. The first-order chi connectivity index (χ1) is 12.0. The predicted molar refractivity (Wildman–Crippen MR) is 85.2 cm³/mol. The summed E-state index contributed by atoms with van der Waals surface area (Å²) in [5, 5.41) is 0.444. The summed E-state index contributed by atoms with van der Waals surface area (Å²) < 4.78 is 12.9. The van der Waals surface area contributed by atoms with Gasteiger partial charge in [0.2, 0.25) is 0 Å². The molecule has 0 unspecified atom stereocenters. The molecule has 6 nitrogen and oxygen atoms in total. The second-order valence-corrected chi connectivity index (χ2v) is 5.66. The number of carbonyl (C=O) groups excluding carboxylic acids is 3. The number of carbonyl (C=O) groups is 3. The van der Waals surface area contributed by atoms with Gasteiger partial charge < -0.3 is 0 Å². The van der Waals surface area contributed by atoms with Crippen molar-refractivity contribution in [2.45, 2.75) is 20.1 Å². The largest absolute Gasteiger partial charge is 0.359 e. The Kier molecular flexibility index (Phi) is 4.58. The van der Waals surface area contributed by atoms with Crippen LogP contribution in [-0.4, -0.2) is 27.8 Å². The van der Waals surface area contributed by atoms with Gasteiger partial charge in [0.25, 0.3) is 0 Å². The minimum Gasteiger partial charge on any atom is -0.263 e. The quantitative estimate of drug-likeness (QED) is 0.619. The molecule has 25 heavy (non-hydrogen) atoms. The van der Waals surface area contributed by atoms with Crippen molar-refractivity contribution in [3.05, 3.63) is 71.0 Å². The molecule has 4 amide bonds. The van der Waals surface area contributed by atoms with Crippen LogP contribution in [0.1, 0.15) is 16.7 Å². The molecule has 2 aromatic carbocycles. The van der Waals surface area contributed by atoms with Crippen LogP contribution in [0.15, 0.2) is 48.5 Å². The molecule has 0 radical (unpaired) electrons. The normalized spacial score (nSPS) is 14.6. The summed E-state index contributed by atoms with van der Waals surface area (Å²) in [4.78, 5) is 42.3. The van der Waals surface area contributed by atoms with E-state index in [4.69, 9.17) is 4.84 Å². The van der Waals surface area contributed by atoms with Crippen molar-refractivity contribution in [2.24, 2.45) is 0 Å². The second kappa shape index (κ2) is 6.82. The summed E-state index contributed by atoms with van der Waals surface area (Å²) in [7, 11) is 0. The van der Waals surface area contributed by atoms with E-state index in [2.05, 4.69) is 0 Å². The molecular weight excluding hydrogens is 327 g/mol. The Hall–Kier alpha value is -3.06. The van der Waals surface area contributed by atoms with E-state index in [0.29, 0.717) is 10.6 Å². The summed E-state index contributed by atoms with van der Waals surface area (Å²) in [5.41, 5.74) is 2.33. The third-order valence-corrected chi connectivity index (χ3v) is 3.75. The first-order valence-corrected chi connectivity index (χ1v) is 7.58. The molecule has 0 spiro atoms. The Labute approximate surface area is 143 Å². The number of aryl methyl sites for hydroxylation is 1. The van der Waals surface area contributed by atoms with Crippen LogP contribution in [0.25, 0.3) is 0 Å². The van der Waals surface area contributed by atoms with Gasteiger partial charge in [-0.15, -0.1) is 5.06 Å². The average molecular weight is 342 g/mol. The highest BCUT2D eigenvalue weighted by Crippen LogP contribution is 2.18. The van der Waals surface area contributed by atoms with Gasteiger partial charge in [-0.05, 0) is 30.2 Å². The summed E-state index contributed by atoms with van der Waals surface area (Å²) >= 11 is 0. The summed E-state index contributed by atoms with van der Waals surface area (Å²) in [6, 6.07) is 11.8. The predicted octanol–water partition coefficient (Wildman–Crippen LogP) is 2.56. The van der Waals surface area contributed by atoms with Crippen molar-refractivity contribution < 1.29 is 23.6 Å². The lowest BCUT2D eigenvalue weighted by Gasteiger charge is -2.15. The first kappa shape index (κ1) is 16.8. The van der Waals surface area contributed by atoms with Crippen molar-refractivity contribution in [2.75, 3.05) is 0 Å². The number of imide groups is 2. The molecule has 1 fully saturated rings. The molecule has 1 aliphatic heterocycles. The number of amides is 4. The van der Waals surface area contributed by atoms with E-state index in [1.807, 2.05) is 19.1 Å². The number of urea groups is 1. The molecule has 0 aromatic heterocycles. The van der Waals surface area contributed by atoms with Gasteiger partial charge in [0.15, 0.2) is 0 Å². The van der Waals surface area contributed by atoms with Crippen LogP contribution < -0.4 is 0 Å². The fraction of sp³-hybridized carbons (Fsp3) is 0.167. The first-order valence-electron chi connectivity index (χ1n) is 7.58. The molecule has 0 aliphatic carbocycles. The average Bonchev–Trinajstić information content (AvgIpc) is 2.80. The number of rotatable bonds is 5. The Morgan fingerprint density at radius 3 is 2.12 bits per heavy atom. The Morgan fingerprint density at radius 1 is 0.880 bits per heavy atom. The van der Waals surface area contributed by atoms with E-state index in [1.54, 1.807) is 12.1 Å². The Morgan fingerprint density at radius 2 is 1.48 bits per heavy atom. The number of hydrogen-bond donors (Lipinski definition) is 0. The van der Waals surface area contributed by atoms with Crippen molar-refractivity contribution in [1.29, 1.82) is 0 Å². The highest BCUT2D eigenvalue weighted by Gasteiger charge is 2.45. The van der Waals surface area contributed by atoms with Crippen molar-refractivity contribution in [3.8, 4) is 0 Å². The molecule has 128 valence electrons. The van der Waals surface area contributed by atoms with E-state index in [0.717, 1.165) is 16.0 Å². The van der Waals surface area contributed by atoms with Gasteiger partial charge in [-0.3, -0.25) is 14.4 Å². The fourth-order valence-corrected chi connectivity index (χ4v) is 2.33. The molecule has 0 atom stereocenters. The molecular formula is C18H15FN2O4. The maximum atomic E-state index is 12.9. The monoisotopic (exact) mass is 342 g/mol. The van der Waals surface area contributed by atoms with Crippen LogP contribution in [0.3, 0.4) is 0 Å². The Balaban J connectivity index is 1.68. The zero-order valence-electron chi connectivity index (χ0n) is 13.4. The summed E-state index contributed by atoms with van der Waals surface area (Å²) in [6.45, 7) is 1.77. The van der Waals surface area contributed by atoms with Gasteiger partial charge in [-0.25, -0.2) is 14.1 Å². The van der Waals surface area contributed by atoms with Gasteiger partial charge >= 0.3 is 17.8 Å². The molecule has 0 bridgehead atoms. The number of hydrogen-bond acceptors (Lipinski definition) is 4. The maximum Gasteiger partial charge on any atom is 0.359 e. The number of halogens is 1. The Bertz CT molecular complexity index is 818. The molecule has 3 rings (SSSR count). The van der Waals surface area contributed by atoms with Gasteiger partial charge in [-0.2, -0.15) is 0 Å². The van der Waals surface area contributed by atoms with E-state index in [9.17, 15) is 18.8 Å². The zero-order chi connectivity index (χ0) is 18.0. The van der Waals surface area contributed by atoms with E-state index >= 15 is 0 Å². The third kappa shape index (κ3) is 3.56. The summed E-state index contributed by atoms with van der Waals surface area (Å²) in [5.74, 6) is -2.39. The smallest absolute Gasteiger partial charge is 0.263 e. The van der Waals surface area contributed by atoms with Crippen LogP contribution in [0, 0.1) is 12.7 Å². The lowest BCUT2D eigenvalue weighted by atomic mass is 10.1. The molecule has 0 saturated carbocycles. The van der Waals surface area contributed by atoms with Crippen molar-refractivity contribution >= 4 is 17.8 Å². The highest BCUT2D eigenvalue weighted by atomic mass is 19.1. The molecule has 7 heteroatoms. The van der Waals surface area contributed by atoms with Crippen LogP contribution in [-0.2, 0) is 27.6 Å². The number of benzene rings is 2. The SMILES string of the molecule is Cc1ccc(CN2C(=O)C(=O)N(OCc3ccc(F)cc3)C2=O)cc1. The molecule has 1 aliphatic rings. The van der Waals surface area contributed by atoms with Crippen LogP contribution in [0.5, 0.6) is 0 Å². The molecule has 1 heterocycles. The molecule has 0 N–H and O–H groups in total. The van der Waals surface area contributed by atoms with Crippen molar-refractivity contribution in [1.82, 2.24) is 9.96 Å². The van der Waals surface area contributed by atoms with Crippen molar-refractivity contribution in [3.63, 3.8) is 0 Å². The fourth-order valence-electron chi connectivity index (χ4n) is 2.33. The summed E-state index contributed by atoms with van der Waals surface area (Å²) in [6.07, 6.45) is 0. The van der Waals surface area contributed by atoms with E-state index < -0.39 is 23.7 Å². The highest BCUT2D eigenvalue weighted by molar-refractivity contribution is 6.44.